The Morgan fingerprint density at radius 2 is 2.14 bits per heavy atom. The highest BCUT2D eigenvalue weighted by molar-refractivity contribution is 5.34. The van der Waals surface area contributed by atoms with Crippen molar-refractivity contribution >= 4 is 0 Å². The van der Waals surface area contributed by atoms with Gasteiger partial charge in [0.25, 0.3) is 0 Å². The van der Waals surface area contributed by atoms with Gasteiger partial charge in [0.15, 0.2) is 0 Å². The van der Waals surface area contributed by atoms with Crippen LogP contribution in [0.3, 0.4) is 0 Å². The number of ether oxygens (including phenoxy) is 1. The van der Waals surface area contributed by atoms with Crippen molar-refractivity contribution in [2.75, 3.05) is 14.2 Å². The van der Waals surface area contributed by atoms with E-state index in [1.54, 1.807) is 7.11 Å². The Morgan fingerprint density at radius 1 is 1.38 bits per heavy atom. The van der Waals surface area contributed by atoms with Crippen molar-refractivity contribution in [3.8, 4) is 5.75 Å². The molecule has 112 valence electrons. The van der Waals surface area contributed by atoms with Crippen LogP contribution in [0, 0.1) is 0 Å². The van der Waals surface area contributed by atoms with Crippen LogP contribution in [-0.4, -0.2) is 24.1 Å². The van der Waals surface area contributed by atoms with Crippen LogP contribution in [0.2, 0.25) is 0 Å². The monoisotopic (exact) mass is 285 g/mol. The molecule has 0 fully saturated rings. The maximum atomic E-state index is 5.22. The van der Waals surface area contributed by atoms with Crippen LogP contribution in [0.25, 0.3) is 0 Å². The highest BCUT2D eigenvalue weighted by Crippen LogP contribution is 2.35. The quantitative estimate of drug-likeness (QED) is 0.887. The van der Waals surface area contributed by atoms with Gasteiger partial charge in [-0.05, 0) is 44.0 Å². The standard InChI is InChI=1S/C17H23N3O/c1-4-11-7-10-14-15(11)20-17(19-14)16(18-2)12-5-8-13(21-3)9-6-12/h5-6,8-9,11,16,18H,4,7,10H2,1-3H3,(H,19,20). The molecule has 0 radical (unpaired) electrons. The maximum Gasteiger partial charge on any atom is 0.128 e. The lowest BCUT2D eigenvalue weighted by molar-refractivity contribution is 0.414. The number of benzene rings is 1. The molecule has 2 unspecified atom stereocenters. The van der Waals surface area contributed by atoms with Crippen molar-refractivity contribution in [1.82, 2.24) is 15.3 Å². The molecule has 0 saturated carbocycles. The zero-order valence-corrected chi connectivity index (χ0v) is 12.9. The Bertz CT molecular complexity index is 603. The molecule has 0 saturated heterocycles. The summed E-state index contributed by atoms with van der Waals surface area (Å²) in [7, 11) is 3.66. The van der Waals surface area contributed by atoms with Crippen LogP contribution in [0.15, 0.2) is 24.3 Å². The van der Waals surface area contributed by atoms with Gasteiger partial charge < -0.3 is 15.0 Å². The number of fused-ring (bicyclic) bond motifs is 1. The highest BCUT2D eigenvalue weighted by Gasteiger charge is 2.27. The Morgan fingerprint density at radius 3 is 2.76 bits per heavy atom. The number of nitrogens with one attached hydrogen (secondary N) is 2. The third-order valence-corrected chi connectivity index (χ3v) is 4.46. The molecule has 1 aliphatic carbocycles. The van der Waals surface area contributed by atoms with E-state index >= 15 is 0 Å². The second-order valence-corrected chi connectivity index (χ2v) is 5.62. The Balaban J connectivity index is 1.89. The van der Waals surface area contributed by atoms with Crippen LogP contribution in [0.4, 0.5) is 0 Å². The molecular weight excluding hydrogens is 262 g/mol. The second-order valence-electron chi connectivity index (χ2n) is 5.62. The number of aryl methyl sites for hydroxylation is 1. The third-order valence-electron chi connectivity index (χ3n) is 4.46. The van der Waals surface area contributed by atoms with E-state index in [-0.39, 0.29) is 6.04 Å². The molecule has 0 bridgehead atoms. The fourth-order valence-electron chi connectivity index (χ4n) is 3.22. The Hall–Kier alpha value is -1.81. The molecule has 21 heavy (non-hydrogen) atoms. The molecule has 1 aromatic heterocycles. The average molecular weight is 285 g/mol. The van der Waals surface area contributed by atoms with Gasteiger partial charge in [-0.25, -0.2) is 4.98 Å². The molecule has 0 spiro atoms. The Kier molecular flexibility index (Phi) is 3.97. The molecule has 0 aliphatic heterocycles. The van der Waals surface area contributed by atoms with Crippen molar-refractivity contribution in [3.63, 3.8) is 0 Å². The van der Waals surface area contributed by atoms with E-state index in [4.69, 9.17) is 9.72 Å². The Labute approximate surface area is 125 Å². The predicted octanol–water partition coefficient (Wildman–Crippen LogP) is 3.17. The van der Waals surface area contributed by atoms with E-state index in [1.165, 1.54) is 29.8 Å². The minimum atomic E-state index is 0.0963. The lowest BCUT2D eigenvalue weighted by Gasteiger charge is -2.15. The van der Waals surface area contributed by atoms with E-state index in [2.05, 4.69) is 29.4 Å². The van der Waals surface area contributed by atoms with Crippen LogP contribution < -0.4 is 10.1 Å². The minimum Gasteiger partial charge on any atom is -0.497 e. The number of hydrogen-bond donors (Lipinski definition) is 2. The number of rotatable bonds is 5. The third kappa shape index (κ3) is 2.56. The topological polar surface area (TPSA) is 49.9 Å². The fraction of sp³-hybridized carbons (Fsp3) is 0.471. The number of H-pyrrole nitrogens is 1. The SMILES string of the molecule is CCC1CCc2[nH]c(C(NC)c3ccc(OC)cc3)nc21. The van der Waals surface area contributed by atoms with Gasteiger partial charge in [0.2, 0.25) is 0 Å². The van der Waals surface area contributed by atoms with Crippen molar-refractivity contribution < 1.29 is 4.74 Å². The van der Waals surface area contributed by atoms with Gasteiger partial charge in [-0.2, -0.15) is 0 Å². The van der Waals surface area contributed by atoms with Gasteiger partial charge in [0.1, 0.15) is 11.6 Å². The van der Waals surface area contributed by atoms with Crippen molar-refractivity contribution in [2.24, 2.45) is 0 Å². The van der Waals surface area contributed by atoms with Gasteiger partial charge in [-0.3, -0.25) is 0 Å². The summed E-state index contributed by atoms with van der Waals surface area (Å²) in [4.78, 5) is 8.42. The van der Waals surface area contributed by atoms with E-state index in [9.17, 15) is 0 Å². The van der Waals surface area contributed by atoms with Crippen molar-refractivity contribution in [3.05, 3.63) is 47.0 Å². The lowest BCUT2D eigenvalue weighted by atomic mass is 10.0. The number of hydrogen-bond acceptors (Lipinski definition) is 3. The van der Waals surface area contributed by atoms with E-state index < -0.39 is 0 Å². The number of methoxy groups -OCH3 is 1. The molecule has 1 heterocycles. The number of imidazole rings is 1. The van der Waals surface area contributed by atoms with E-state index in [0.29, 0.717) is 5.92 Å². The fourth-order valence-corrected chi connectivity index (χ4v) is 3.22. The smallest absolute Gasteiger partial charge is 0.128 e. The molecule has 4 heteroatoms. The zero-order valence-electron chi connectivity index (χ0n) is 12.9. The van der Waals surface area contributed by atoms with E-state index in [0.717, 1.165) is 18.0 Å². The molecule has 2 atom stereocenters. The molecule has 2 aromatic rings. The van der Waals surface area contributed by atoms with Gasteiger partial charge in [0, 0.05) is 11.6 Å². The molecular formula is C17H23N3O. The lowest BCUT2D eigenvalue weighted by Crippen LogP contribution is -2.19. The first-order valence-corrected chi connectivity index (χ1v) is 7.66. The minimum absolute atomic E-state index is 0.0963. The molecule has 2 N–H and O–H groups in total. The second kappa shape index (κ2) is 5.90. The molecule has 3 rings (SSSR count). The normalized spacial score (nSPS) is 18.5. The van der Waals surface area contributed by atoms with Crippen LogP contribution >= 0.6 is 0 Å². The first-order chi connectivity index (χ1) is 10.3. The van der Waals surface area contributed by atoms with E-state index in [1.807, 2.05) is 19.2 Å². The summed E-state index contributed by atoms with van der Waals surface area (Å²) in [6.45, 7) is 2.24. The predicted molar refractivity (Wildman–Crippen MR) is 83.8 cm³/mol. The van der Waals surface area contributed by atoms with Gasteiger partial charge in [-0.15, -0.1) is 0 Å². The molecule has 0 amide bonds. The summed E-state index contributed by atoms with van der Waals surface area (Å²) in [5.41, 5.74) is 3.80. The molecule has 1 aromatic carbocycles. The van der Waals surface area contributed by atoms with Crippen molar-refractivity contribution in [2.45, 2.75) is 38.1 Å². The number of aromatic nitrogens is 2. The summed E-state index contributed by atoms with van der Waals surface area (Å²) >= 11 is 0. The first-order valence-electron chi connectivity index (χ1n) is 7.66. The summed E-state index contributed by atoms with van der Waals surface area (Å²) < 4.78 is 5.22. The van der Waals surface area contributed by atoms with Gasteiger partial charge in [0.05, 0.1) is 18.8 Å². The molecule has 4 nitrogen and oxygen atoms in total. The first kappa shape index (κ1) is 14.1. The van der Waals surface area contributed by atoms with Crippen LogP contribution in [0.1, 0.15) is 54.5 Å². The number of aromatic amines is 1. The van der Waals surface area contributed by atoms with Crippen LogP contribution in [-0.2, 0) is 6.42 Å². The van der Waals surface area contributed by atoms with Gasteiger partial charge >= 0.3 is 0 Å². The number of nitrogens with zero attached hydrogens (tertiary/aromatic N) is 1. The summed E-state index contributed by atoms with van der Waals surface area (Å²) in [5.74, 6) is 2.52. The van der Waals surface area contributed by atoms with Crippen molar-refractivity contribution in [1.29, 1.82) is 0 Å². The van der Waals surface area contributed by atoms with Crippen LogP contribution in [0.5, 0.6) is 5.75 Å². The van der Waals surface area contributed by atoms with Gasteiger partial charge in [-0.1, -0.05) is 19.1 Å². The summed E-state index contributed by atoms with van der Waals surface area (Å²) in [6, 6.07) is 8.26. The maximum absolute atomic E-state index is 5.22. The molecule has 1 aliphatic rings. The summed E-state index contributed by atoms with van der Waals surface area (Å²) in [6.07, 6.45) is 3.53. The zero-order chi connectivity index (χ0) is 14.8. The average Bonchev–Trinajstić information content (AvgIpc) is 3.09. The highest BCUT2D eigenvalue weighted by atomic mass is 16.5. The largest absolute Gasteiger partial charge is 0.497 e. The summed E-state index contributed by atoms with van der Waals surface area (Å²) in [5, 5.41) is 3.36.